The molecule has 0 aromatic heterocycles. The lowest BCUT2D eigenvalue weighted by Gasteiger charge is -2.37. The summed E-state index contributed by atoms with van der Waals surface area (Å²) in [7, 11) is -3.07. The number of fused-ring (bicyclic) bond motifs is 1. The van der Waals surface area contributed by atoms with Gasteiger partial charge in [0, 0.05) is 29.9 Å². The molecule has 0 bridgehead atoms. The first-order chi connectivity index (χ1) is 11.3. The third kappa shape index (κ3) is 2.86. The van der Waals surface area contributed by atoms with Crippen molar-refractivity contribution in [2.45, 2.75) is 29.7 Å². The SMILES string of the molecule is CC(C)N1C(=O)Nc2ccc([S+]([O-])c3ccccc3)cc2P1(C)=O. The van der Waals surface area contributed by atoms with E-state index in [4.69, 9.17) is 0 Å². The summed E-state index contributed by atoms with van der Waals surface area (Å²) >= 11 is -1.36. The lowest BCUT2D eigenvalue weighted by molar-refractivity contribution is 0.229. The van der Waals surface area contributed by atoms with Gasteiger partial charge in [-0.3, -0.25) is 9.24 Å². The number of carbonyl (C=O) groups is 1. The van der Waals surface area contributed by atoms with E-state index in [1.54, 1.807) is 37.0 Å². The highest BCUT2D eigenvalue weighted by atomic mass is 32.2. The largest absolute Gasteiger partial charge is 0.606 e. The van der Waals surface area contributed by atoms with Crippen LogP contribution in [0.1, 0.15) is 13.8 Å². The molecule has 1 aliphatic heterocycles. The summed E-state index contributed by atoms with van der Waals surface area (Å²) in [5, 5.41) is 3.31. The van der Waals surface area contributed by atoms with Crippen LogP contribution in [0.15, 0.2) is 58.3 Å². The van der Waals surface area contributed by atoms with Crippen molar-refractivity contribution >= 4 is 35.5 Å². The van der Waals surface area contributed by atoms with Crippen LogP contribution < -0.4 is 10.6 Å². The molecule has 0 saturated carbocycles. The molecule has 2 amide bonds. The van der Waals surface area contributed by atoms with Crippen molar-refractivity contribution in [2.24, 2.45) is 0 Å². The number of nitrogens with zero attached hydrogens (tertiary/aromatic N) is 1. The number of hydrogen-bond donors (Lipinski definition) is 1. The number of hydrogen-bond acceptors (Lipinski definition) is 3. The van der Waals surface area contributed by atoms with Crippen molar-refractivity contribution < 1.29 is 13.9 Å². The number of benzene rings is 2. The third-order valence-corrected chi connectivity index (χ3v) is 8.05. The van der Waals surface area contributed by atoms with Crippen LogP contribution in [0.4, 0.5) is 10.5 Å². The predicted octanol–water partition coefficient (Wildman–Crippen LogP) is 3.64. The maximum atomic E-state index is 13.3. The second kappa shape index (κ2) is 6.28. The molecule has 7 heteroatoms. The topological polar surface area (TPSA) is 72.5 Å². The van der Waals surface area contributed by atoms with E-state index in [0.29, 0.717) is 20.8 Å². The van der Waals surface area contributed by atoms with E-state index in [1.165, 1.54) is 4.67 Å². The maximum absolute atomic E-state index is 13.3. The van der Waals surface area contributed by atoms with Crippen LogP contribution in [0.25, 0.3) is 0 Å². The summed E-state index contributed by atoms with van der Waals surface area (Å²) in [5.74, 6) is 0. The van der Waals surface area contributed by atoms with Crippen molar-refractivity contribution in [2.75, 3.05) is 12.0 Å². The number of rotatable bonds is 3. The lowest BCUT2D eigenvalue weighted by Crippen LogP contribution is -2.44. The molecule has 1 N–H and O–H groups in total. The van der Waals surface area contributed by atoms with Gasteiger partial charge in [0.2, 0.25) is 7.29 Å². The van der Waals surface area contributed by atoms with Gasteiger partial charge in [-0.15, -0.1) is 0 Å². The molecule has 24 heavy (non-hydrogen) atoms. The Morgan fingerprint density at radius 2 is 1.79 bits per heavy atom. The van der Waals surface area contributed by atoms with E-state index >= 15 is 0 Å². The monoisotopic (exact) mass is 362 g/mol. The first-order valence-electron chi connectivity index (χ1n) is 7.62. The summed E-state index contributed by atoms with van der Waals surface area (Å²) in [4.78, 5) is 13.5. The fourth-order valence-electron chi connectivity index (χ4n) is 2.89. The quantitative estimate of drug-likeness (QED) is 0.669. The first kappa shape index (κ1) is 17.1. The van der Waals surface area contributed by atoms with Gasteiger partial charge in [0.1, 0.15) is 0 Å². The minimum Gasteiger partial charge on any atom is -0.606 e. The highest BCUT2D eigenvalue weighted by molar-refractivity contribution is 7.91. The lowest BCUT2D eigenvalue weighted by atomic mass is 10.3. The minimum atomic E-state index is -3.07. The standard InChI is InChI=1S/C17H19N2O3PS/c1-12(2)19-17(20)18-15-10-9-14(11-16(15)23(19,3)21)24(22)13-7-5-4-6-8-13/h4-12H,1-3H3,(H,18,20). The zero-order chi connectivity index (χ0) is 17.5. The molecule has 2 aromatic rings. The smallest absolute Gasteiger partial charge is 0.327 e. The molecular weight excluding hydrogens is 343 g/mol. The fourth-order valence-corrected chi connectivity index (χ4v) is 6.54. The van der Waals surface area contributed by atoms with Gasteiger partial charge >= 0.3 is 6.03 Å². The normalized spacial score (nSPS) is 21.4. The number of anilines is 1. The molecule has 3 rings (SSSR count). The molecule has 0 spiro atoms. The number of urea groups is 1. The number of nitrogens with one attached hydrogen (secondary N) is 1. The van der Waals surface area contributed by atoms with Crippen LogP contribution in [0.5, 0.6) is 0 Å². The number of amides is 2. The predicted molar refractivity (Wildman–Crippen MR) is 96.7 cm³/mol. The first-order valence-corrected chi connectivity index (χ1v) is 10.9. The molecule has 1 heterocycles. The third-order valence-electron chi connectivity index (χ3n) is 3.94. The Bertz CT molecular complexity index is 826. The van der Waals surface area contributed by atoms with Crippen LogP contribution in [0.3, 0.4) is 0 Å². The Hall–Kier alpha value is -1.75. The Kier molecular flexibility index (Phi) is 4.47. The van der Waals surface area contributed by atoms with E-state index in [2.05, 4.69) is 5.32 Å². The van der Waals surface area contributed by atoms with E-state index in [0.717, 1.165) is 0 Å². The summed E-state index contributed by atoms with van der Waals surface area (Å²) in [6.45, 7) is 5.24. The molecule has 0 aliphatic carbocycles. The van der Waals surface area contributed by atoms with Crippen LogP contribution in [0.2, 0.25) is 0 Å². The molecule has 126 valence electrons. The summed E-state index contributed by atoms with van der Waals surface area (Å²) in [5.41, 5.74) is 0.525. The van der Waals surface area contributed by atoms with E-state index in [-0.39, 0.29) is 12.1 Å². The van der Waals surface area contributed by atoms with Crippen LogP contribution in [-0.4, -0.2) is 28.0 Å². The maximum Gasteiger partial charge on any atom is 0.327 e. The number of carbonyl (C=O) groups excluding carboxylic acids is 1. The fraction of sp³-hybridized carbons (Fsp3) is 0.235. The minimum absolute atomic E-state index is 0.197. The van der Waals surface area contributed by atoms with Gasteiger partial charge < -0.3 is 9.87 Å². The molecule has 2 atom stereocenters. The second-order valence-corrected chi connectivity index (χ2v) is 10.2. The van der Waals surface area contributed by atoms with Gasteiger partial charge in [-0.2, -0.15) is 0 Å². The molecule has 0 fully saturated rings. The van der Waals surface area contributed by atoms with Gasteiger partial charge in [0.25, 0.3) is 0 Å². The van der Waals surface area contributed by atoms with Gasteiger partial charge in [0.15, 0.2) is 9.79 Å². The Balaban J connectivity index is 2.07. The highest BCUT2D eigenvalue weighted by Crippen LogP contribution is 2.51. The van der Waals surface area contributed by atoms with Gasteiger partial charge in [-0.25, -0.2) is 4.79 Å². The Labute approximate surface area is 144 Å². The summed E-state index contributed by atoms with van der Waals surface area (Å²) < 4.78 is 27.4. The zero-order valence-corrected chi connectivity index (χ0v) is 15.4. The van der Waals surface area contributed by atoms with Gasteiger partial charge in [0.05, 0.1) is 11.0 Å². The second-order valence-electron chi connectivity index (χ2n) is 6.01. The molecule has 5 nitrogen and oxygen atoms in total. The Morgan fingerprint density at radius 1 is 1.12 bits per heavy atom. The zero-order valence-electron chi connectivity index (χ0n) is 13.7. The molecule has 2 aromatic carbocycles. The van der Waals surface area contributed by atoms with E-state index in [1.807, 2.05) is 32.0 Å². The summed E-state index contributed by atoms with van der Waals surface area (Å²) in [6.07, 6.45) is 0. The van der Waals surface area contributed by atoms with Crippen molar-refractivity contribution in [3.63, 3.8) is 0 Å². The molecule has 1 aliphatic rings. The molecule has 0 saturated heterocycles. The van der Waals surface area contributed by atoms with Crippen molar-refractivity contribution in [1.82, 2.24) is 4.67 Å². The van der Waals surface area contributed by atoms with E-state index < -0.39 is 18.5 Å². The van der Waals surface area contributed by atoms with Gasteiger partial charge in [-0.05, 0) is 38.1 Å². The van der Waals surface area contributed by atoms with Crippen molar-refractivity contribution in [3.05, 3.63) is 48.5 Å². The molecule has 2 unspecified atom stereocenters. The highest BCUT2D eigenvalue weighted by Gasteiger charge is 2.40. The average molecular weight is 362 g/mol. The Morgan fingerprint density at radius 3 is 2.42 bits per heavy atom. The van der Waals surface area contributed by atoms with Crippen molar-refractivity contribution in [1.29, 1.82) is 0 Å². The van der Waals surface area contributed by atoms with Crippen LogP contribution in [-0.2, 0) is 15.7 Å². The van der Waals surface area contributed by atoms with Crippen LogP contribution in [0, 0.1) is 0 Å². The molecule has 0 radical (unpaired) electrons. The summed E-state index contributed by atoms with van der Waals surface area (Å²) in [6, 6.07) is 13.6. The van der Waals surface area contributed by atoms with Crippen LogP contribution >= 0.6 is 7.29 Å². The van der Waals surface area contributed by atoms with E-state index in [9.17, 15) is 13.9 Å². The molecular formula is C17H19N2O3PS. The van der Waals surface area contributed by atoms with Gasteiger partial charge in [-0.1, -0.05) is 18.2 Å². The average Bonchev–Trinajstić information content (AvgIpc) is 2.54. The van der Waals surface area contributed by atoms with Crippen molar-refractivity contribution in [3.8, 4) is 0 Å².